The molecule has 15 heavy (non-hydrogen) atoms. The summed E-state index contributed by atoms with van der Waals surface area (Å²) in [6, 6.07) is 2.36. The molecule has 0 spiro atoms. The van der Waals surface area contributed by atoms with Crippen LogP contribution in [0.2, 0.25) is 0 Å². The number of piperidine rings is 1. The minimum atomic E-state index is 0.374. The second-order valence-electron chi connectivity index (χ2n) is 5.09. The van der Waals surface area contributed by atoms with Crippen molar-refractivity contribution in [1.29, 1.82) is 0 Å². The van der Waals surface area contributed by atoms with Crippen LogP contribution in [0, 0.1) is 0 Å². The molecule has 3 nitrogen and oxygen atoms in total. The van der Waals surface area contributed by atoms with Crippen molar-refractivity contribution in [2.24, 2.45) is 0 Å². The maximum atomic E-state index is 5.37. The van der Waals surface area contributed by atoms with Gasteiger partial charge >= 0.3 is 0 Å². The second kappa shape index (κ2) is 4.81. The minimum Gasteiger partial charge on any atom is -0.380 e. The van der Waals surface area contributed by atoms with E-state index in [1.54, 1.807) is 0 Å². The Balaban J connectivity index is 1.92. The fourth-order valence-corrected chi connectivity index (χ4v) is 3.18. The number of nitrogens with zero attached hydrogens (tertiary/aromatic N) is 1. The summed E-state index contributed by atoms with van der Waals surface area (Å²) < 4.78 is 5.37. The Morgan fingerprint density at radius 3 is 2.40 bits per heavy atom. The lowest BCUT2D eigenvalue weighted by atomic mass is 9.97. The minimum absolute atomic E-state index is 0.374. The number of methoxy groups -OCH3 is 1. The molecule has 0 aliphatic carbocycles. The zero-order valence-electron chi connectivity index (χ0n) is 10.2. The maximum Gasteiger partial charge on any atom is 0.0670 e. The standard InChI is InChI=1S/C12H24N2O/c1-9(15-3)8-14-11-4-5-12(14)7-10(6-11)13-2/h9-13H,4-8H2,1-3H3. The van der Waals surface area contributed by atoms with E-state index in [-0.39, 0.29) is 0 Å². The Hall–Kier alpha value is -0.120. The van der Waals surface area contributed by atoms with E-state index in [0.717, 1.165) is 24.7 Å². The number of hydrogen-bond acceptors (Lipinski definition) is 3. The van der Waals surface area contributed by atoms with Gasteiger partial charge in [-0.3, -0.25) is 4.90 Å². The fourth-order valence-electron chi connectivity index (χ4n) is 3.18. The Bertz CT molecular complexity index is 196. The van der Waals surface area contributed by atoms with Crippen LogP contribution in [0.15, 0.2) is 0 Å². The molecule has 3 heteroatoms. The predicted molar refractivity (Wildman–Crippen MR) is 62.1 cm³/mol. The van der Waals surface area contributed by atoms with E-state index in [1.807, 2.05) is 7.11 Å². The van der Waals surface area contributed by atoms with Gasteiger partial charge in [-0.05, 0) is 39.7 Å². The predicted octanol–water partition coefficient (Wildman–Crippen LogP) is 1.24. The highest BCUT2D eigenvalue weighted by molar-refractivity contribution is 4.97. The Labute approximate surface area is 93.2 Å². The van der Waals surface area contributed by atoms with E-state index in [9.17, 15) is 0 Å². The Morgan fingerprint density at radius 1 is 1.33 bits per heavy atom. The number of nitrogens with one attached hydrogen (secondary N) is 1. The van der Waals surface area contributed by atoms with Gasteiger partial charge in [0.1, 0.15) is 0 Å². The van der Waals surface area contributed by atoms with Crippen LogP contribution in [0.1, 0.15) is 32.6 Å². The molecular formula is C12H24N2O. The van der Waals surface area contributed by atoms with Gasteiger partial charge in [0.2, 0.25) is 0 Å². The van der Waals surface area contributed by atoms with E-state index >= 15 is 0 Å². The highest BCUT2D eigenvalue weighted by Crippen LogP contribution is 2.35. The van der Waals surface area contributed by atoms with Crippen LogP contribution in [-0.2, 0) is 4.74 Å². The van der Waals surface area contributed by atoms with E-state index in [2.05, 4.69) is 24.2 Å². The number of ether oxygens (including phenoxy) is 1. The van der Waals surface area contributed by atoms with Crippen LogP contribution in [0.4, 0.5) is 0 Å². The molecule has 2 aliphatic rings. The smallest absolute Gasteiger partial charge is 0.0670 e. The molecule has 2 rings (SSSR count). The van der Waals surface area contributed by atoms with E-state index in [0.29, 0.717) is 6.10 Å². The van der Waals surface area contributed by atoms with Gasteiger partial charge in [-0.2, -0.15) is 0 Å². The van der Waals surface area contributed by atoms with E-state index in [1.165, 1.54) is 25.7 Å². The van der Waals surface area contributed by atoms with E-state index < -0.39 is 0 Å². The van der Waals surface area contributed by atoms with Crippen molar-refractivity contribution < 1.29 is 4.74 Å². The third kappa shape index (κ3) is 2.35. The Morgan fingerprint density at radius 2 is 1.93 bits per heavy atom. The number of rotatable bonds is 4. The van der Waals surface area contributed by atoms with Crippen molar-refractivity contribution in [2.75, 3.05) is 20.7 Å². The van der Waals surface area contributed by atoms with Crippen LogP contribution >= 0.6 is 0 Å². The molecular weight excluding hydrogens is 188 g/mol. The monoisotopic (exact) mass is 212 g/mol. The molecule has 1 N–H and O–H groups in total. The number of hydrogen-bond donors (Lipinski definition) is 1. The number of fused-ring (bicyclic) bond motifs is 2. The molecule has 0 aromatic heterocycles. The Kier molecular flexibility index (Phi) is 3.65. The van der Waals surface area contributed by atoms with Gasteiger partial charge in [-0.1, -0.05) is 0 Å². The molecule has 2 bridgehead atoms. The molecule has 0 saturated carbocycles. The normalized spacial score (nSPS) is 38.2. The first kappa shape index (κ1) is 11.4. The van der Waals surface area contributed by atoms with Gasteiger partial charge in [0.05, 0.1) is 6.10 Å². The largest absolute Gasteiger partial charge is 0.380 e. The van der Waals surface area contributed by atoms with Crippen LogP contribution in [0.25, 0.3) is 0 Å². The van der Waals surface area contributed by atoms with Crippen LogP contribution < -0.4 is 5.32 Å². The first-order valence-corrected chi connectivity index (χ1v) is 6.20. The van der Waals surface area contributed by atoms with Crippen molar-refractivity contribution in [1.82, 2.24) is 10.2 Å². The molecule has 2 saturated heterocycles. The first-order valence-electron chi connectivity index (χ1n) is 6.20. The van der Waals surface area contributed by atoms with Crippen LogP contribution in [-0.4, -0.2) is 49.8 Å². The molecule has 2 fully saturated rings. The van der Waals surface area contributed by atoms with Gasteiger partial charge in [-0.25, -0.2) is 0 Å². The zero-order chi connectivity index (χ0) is 10.8. The summed E-state index contributed by atoms with van der Waals surface area (Å²) in [4.78, 5) is 2.68. The van der Waals surface area contributed by atoms with Gasteiger partial charge in [0, 0.05) is 31.8 Å². The maximum absolute atomic E-state index is 5.37. The molecule has 0 aromatic carbocycles. The van der Waals surface area contributed by atoms with Crippen molar-refractivity contribution in [3.05, 3.63) is 0 Å². The molecule has 3 atom stereocenters. The highest BCUT2D eigenvalue weighted by atomic mass is 16.5. The summed E-state index contributed by atoms with van der Waals surface area (Å²) in [5, 5.41) is 3.43. The summed E-state index contributed by atoms with van der Waals surface area (Å²) in [5.41, 5.74) is 0. The van der Waals surface area contributed by atoms with Gasteiger partial charge in [-0.15, -0.1) is 0 Å². The van der Waals surface area contributed by atoms with Gasteiger partial charge < -0.3 is 10.1 Å². The molecule has 0 radical (unpaired) electrons. The average Bonchev–Trinajstić information content (AvgIpc) is 2.51. The third-order valence-corrected chi connectivity index (χ3v) is 4.16. The topological polar surface area (TPSA) is 24.5 Å². The quantitative estimate of drug-likeness (QED) is 0.759. The van der Waals surface area contributed by atoms with Crippen molar-refractivity contribution in [2.45, 2.75) is 56.8 Å². The van der Waals surface area contributed by atoms with Crippen LogP contribution in [0.5, 0.6) is 0 Å². The van der Waals surface area contributed by atoms with Gasteiger partial charge in [0.15, 0.2) is 0 Å². The first-order chi connectivity index (χ1) is 7.24. The van der Waals surface area contributed by atoms with Crippen LogP contribution in [0.3, 0.4) is 0 Å². The molecule has 3 unspecified atom stereocenters. The molecule has 2 aliphatic heterocycles. The van der Waals surface area contributed by atoms with Crippen molar-refractivity contribution >= 4 is 0 Å². The summed E-state index contributed by atoms with van der Waals surface area (Å²) >= 11 is 0. The fraction of sp³-hybridized carbons (Fsp3) is 1.00. The third-order valence-electron chi connectivity index (χ3n) is 4.16. The molecule has 2 heterocycles. The lowest BCUT2D eigenvalue weighted by Gasteiger charge is -2.39. The zero-order valence-corrected chi connectivity index (χ0v) is 10.2. The highest BCUT2D eigenvalue weighted by Gasteiger charge is 2.40. The molecule has 0 amide bonds. The van der Waals surface area contributed by atoms with Crippen molar-refractivity contribution in [3.63, 3.8) is 0 Å². The van der Waals surface area contributed by atoms with Crippen molar-refractivity contribution in [3.8, 4) is 0 Å². The second-order valence-corrected chi connectivity index (χ2v) is 5.09. The van der Waals surface area contributed by atoms with E-state index in [4.69, 9.17) is 4.74 Å². The summed E-state index contributed by atoms with van der Waals surface area (Å²) in [7, 11) is 3.91. The molecule has 0 aromatic rings. The summed E-state index contributed by atoms with van der Waals surface area (Å²) in [6.45, 7) is 3.28. The SMILES string of the molecule is CNC1CC2CCC(C1)N2CC(C)OC. The van der Waals surface area contributed by atoms with Gasteiger partial charge in [0.25, 0.3) is 0 Å². The average molecular weight is 212 g/mol. The molecule has 88 valence electrons. The summed E-state index contributed by atoms with van der Waals surface area (Å²) in [6.07, 6.45) is 5.80. The summed E-state index contributed by atoms with van der Waals surface area (Å²) in [5.74, 6) is 0. The lowest BCUT2D eigenvalue weighted by Crippen LogP contribution is -2.50. The lowest BCUT2D eigenvalue weighted by molar-refractivity contribution is 0.0359.